The Kier molecular flexibility index (Phi) is 3.71. The van der Waals surface area contributed by atoms with Crippen molar-refractivity contribution >= 4 is 11.6 Å². The standard InChI is InChI=1S/C13H14ClN3/c1-9(15)6-10-7-16-13(17-8-10)11-2-4-12(14)5-3-11/h2-5,7-9H,6,15H2,1H3. The van der Waals surface area contributed by atoms with E-state index in [4.69, 9.17) is 17.3 Å². The van der Waals surface area contributed by atoms with Gasteiger partial charge in [0.05, 0.1) is 0 Å². The number of rotatable bonds is 3. The van der Waals surface area contributed by atoms with Crippen LogP contribution in [0.4, 0.5) is 0 Å². The van der Waals surface area contributed by atoms with Gasteiger partial charge in [-0.15, -0.1) is 0 Å². The molecule has 0 spiro atoms. The molecule has 0 bridgehead atoms. The molecule has 1 atom stereocenters. The van der Waals surface area contributed by atoms with E-state index in [1.54, 1.807) is 0 Å². The molecule has 0 fully saturated rings. The molecule has 2 rings (SSSR count). The van der Waals surface area contributed by atoms with E-state index in [-0.39, 0.29) is 6.04 Å². The third-order valence-electron chi connectivity index (χ3n) is 2.37. The third kappa shape index (κ3) is 3.25. The van der Waals surface area contributed by atoms with Gasteiger partial charge in [-0.1, -0.05) is 11.6 Å². The lowest BCUT2D eigenvalue weighted by molar-refractivity contribution is 0.732. The normalized spacial score (nSPS) is 12.4. The number of halogens is 1. The molecule has 0 aliphatic rings. The van der Waals surface area contributed by atoms with E-state index < -0.39 is 0 Å². The average molecular weight is 248 g/mol. The van der Waals surface area contributed by atoms with Crippen molar-refractivity contribution in [3.05, 3.63) is 47.2 Å². The van der Waals surface area contributed by atoms with E-state index in [1.165, 1.54) is 0 Å². The second-order valence-corrected chi connectivity index (χ2v) is 4.54. The highest BCUT2D eigenvalue weighted by Crippen LogP contribution is 2.17. The second-order valence-electron chi connectivity index (χ2n) is 4.10. The maximum Gasteiger partial charge on any atom is 0.159 e. The van der Waals surface area contributed by atoms with E-state index in [2.05, 4.69) is 9.97 Å². The smallest absolute Gasteiger partial charge is 0.159 e. The maximum atomic E-state index is 5.83. The SMILES string of the molecule is CC(N)Cc1cnc(-c2ccc(Cl)cc2)nc1. The predicted octanol–water partition coefficient (Wildman–Crippen LogP) is 2.69. The minimum absolute atomic E-state index is 0.125. The van der Waals surface area contributed by atoms with Crippen LogP contribution in [-0.2, 0) is 6.42 Å². The quantitative estimate of drug-likeness (QED) is 0.907. The summed E-state index contributed by atoms with van der Waals surface area (Å²) in [6.07, 6.45) is 4.43. The molecule has 4 heteroatoms. The van der Waals surface area contributed by atoms with Crippen molar-refractivity contribution in [2.75, 3.05) is 0 Å². The fraction of sp³-hybridized carbons (Fsp3) is 0.231. The zero-order valence-electron chi connectivity index (χ0n) is 9.60. The zero-order valence-corrected chi connectivity index (χ0v) is 10.4. The van der Waals surface area contributed by atoms with Crippen LogP contribution in [-0.4, -0.2) is 16.0 Å². The molecule has 1 unspecified atom stereocenters. The van der Waals surface area contributed by atoms with Crippen molar-refractivity contribution in [2.24, 2.45) is 5.73 Å². The Labute approximate surface area is 106 Å². The Morgan fingerprint density at radius 1 is 1.18 bits per heavy atom. The summed E-state index contributed by atoms with van der Waals surface area (Å²) < 4.78 is 0. The Morgan fingerprint density at radius 3 is 2.29 bits per heavy atom. The first-order valence-corrected chi connectivity index (χ1v) is 5.85. The molecule has 88 valence electrons. The summed E-state index contributed by atoms with van der Waals surface area (Å²) in [5, 5.41) is 0.710. The van der Waals surface area contributed by atoms with E-state index in [0.29, 0.717) is 10.8 Å². The summed E-state index contributed by atoms with van der Waals surface area (Å²) in [4.78, 5) is 8.64. The summed E-state index contributed by atoms with van der Waals surface area (Å²) in [6, 6.07) is 7.60. The largest absolute Gasteiger partial charge is 0.328 e. The van der Waals surface area contributed by atoms with Crippen LogP contribution in [0.2, 0.25) is 5.02 Å². The van der Waals surface area contributed by atoms with Crippen LogP contribution in [0.3, 0.4) is 0 Å². The fourth-order valence-electron chi connectivity index (χ4n) is 1.58. The summed E-state index contributed by atoms with van der Waals surface area (Å²) in [6.45, 7) is 1.97. The van der Waals surface area contributed by atoms with Gasteiger partial charge in [-0.2, -0.15) is 0 Å². The first kappa shape index (κ1) is 12.0. The van der Waals surface area contributed by atoms with Crippen LogP contribution in [0.25, 0.3) is 11.4 Å². The minimum atomic E-state index is 0.125. The van der Waals surface area contributed by atoms with Gasteiger partial charge < -0.3 is 5.73 Å². The monoisotopic (exact) mass is 247 g/mol. The predicted molar refractivity (Wildman–Crippen MR) is 69.8 cm³/mol. The molecule has 2 aromatic rings. The molecule has 0 amide bonds. The molecule has 2 N–H and O–H groups in total. The van der Waals surface area contributed by atoms with Gasteiger partial charge in [0.25, 0.3) is 0 Å². The molecular formula is C13H14ClN3. The van der Waals surface area contributed by atoms with Crippen LogP contribution in [0.1, 0.15) is 12.5 Å². The first-order chi connectivity index (χ1) is 8.15. The first-order valence-electron chi connectivity index (χ1n) is 5.47. The van der Waals surface area contributed by atoms with Crippen LogP contribution >= 0.6 is 11.6 Å². The summed E-state index contributed by atoms with van der Waals surface area (Å²) >= 11 is 5.83. The average Bonchev–Trinajstić information content (AvgIpc) is 2.30. The molecule has 0 aliphatic carbocycles. The molecule has 1 aromatic carbocycles. The van der Waals surface area contributed by atoms with Crippen LogP contribution in [0.15, 0.2) is 36.7 Å². The molecule has 0 saturated heterocycles. The molecule has 0 radical (unpaired) electrons. The van der Waals surface area contributed by atoms with Gasteiger partial charge in [0.1, 0.15) is 0 Å². The Balaban J connectivity index is 2.20. The van der Waals surface area contributed by atoms with Crippen molar-refractivity contribution in [3.63, 3.8) is 0 Å². The van der Waals surface area contributed by atoms with Crippen molar-refractivity contribution in [1.29, 1.82) is 0 Å². The summed E-state index contributed by atoms with van der Waals surface area (Å²) in [7, 11) is 0. The van der Waals surface area contributed by atoms with E-state index in [9.17, 15) is 0 Å². The van der Waals surface area contributed by atoms with E-state index in [1.807, 2.05) is 43.6 Å². The third-order valence-corrected chi connectivity index (χ3v) is 2.62. The molecule has 1 heterocycles. The Bertz CT molecular complexity index is 477. The fourth-order valence-corrected chi connectivity index (χ4v) is 1.71. The minimum Gasteiger partial charge on any atom is -0.328 e. The number of benzene rings is 1. The zero-order chi connectivity index (χ0) is 12.3. The van der Waals surface area contributed by atoms with E-state index >= 15 is 0 Å². The van der Waals surface area contributed by atoms with Crippen LogP contribution in [0, 0.1) is 0 Å². The van der Waals surface area contributed by atoms with Gasteiger partial charge >= 0.3 is 0 Å². The second kappa shape index (κ2) is 5.25. The summed E-state index contributed by atoms with van der Waals surface area (Å²) in [5.41, 5.74) is 7.73. The van der Waals surface area contributed by atoms with Crippen LogP contribution < -0.4 is 5.73 Å². The van der Waals surface area contributed by atoms with Crippen molar-refractivity contribution in [1.82, 2.24) is 9.97 Å². The molecule has 1 aromatic heterocycles. The highest BCUT2D eigenvalue weighted by atomic mass is 35.5. The van der Waals surface area contributed by atoms with Crippen molar-refractivity contribution in [2.45, 2.75) is 19.4 Å². The molecule has 0 aliphatic heterocycles. The van der Waals surface area contributed by atoms with Gasteiger partial charge in [0.2, 0.25) is 0 Å². The van der Waals surface area contributed by atoms with Gasteiger partial charge in [-0.3, -0.25) is 0 Å². The maximum absolute atomic E-state index is 5.83. The molecular weight excluding hydrogens is 234 g/mol. The highest BCUT2D eigenvalue weighted by Gasteiger charge is 2.03. The van der Waals surface area contributed by atoms with Crippen LogP contribution in [0.5, 0.6) is 0 Å². The summed E-state index contributed by atoms with van der Waals surface area (Å²) in [5.74, 6) is 0.704. The van der Waals surface area contributed by atoms with Gasteiger partial charge in [-0.05, 0) is 43.2 Å². The molecule has 3 nitrogen and oxygen atoms in total. The number of hydrogen-bond donors (Lipinski definition) is 1. The van der Waals surface area contributed by atoms with Gasteiger partial charge in [0.15, 0.2) is 5.82 Å². The Hall–Kier alpha value is -1.45. The number of aromatic nitrogens is 2. The molecule has 0 saturated carbocycles. The lowest BCUT2D eigenvalue weighted by atomic mass is 10.1. The van der Waals surface area contributed by atoms with Gasteiger partial charge in [0, 0.05) is 29.0 Å². The molecule has 17 heavy (non-hydrogen) atoms. The number of hydrogen-bond acceptors (Lipinski definition) is 3. The van der Waals surface area contributed by atoms with Crippen molar-refractivity contribution in [3.8, 4) is 11.4 Å². The topological polar surface area (TPSA) is 51.8 Å². The number of nitrogens with two attached hydrogens (primary N) is 1. The highest BCUT2D eigenvalue weighted by molar-refractivity contribution is 6.30. The Morgan fingerprint density at radius 2 is 1.76 bits per heavy atom. The lowest BCUT2D eigenvalue weighted by Crippen LogP contribution is -2.18. The van der Waals surface area contributed by atoms with E-state index in [0.717, 1.165) is 17.5 Å². The number of nitrogens with zero attached hydrogens (tertiary/aromatic N) is 2. The van der Waals surface area contributed by atoms with Crippen molar-refractivity contribution < 1.29 is 0 Å². The van der Waals surface area contributed by atoms with Gasteiger partial charge in [-0.25, -0.2) is 9.97 Å². The lowest BCUT2D eigenvalue weighted by Gasteiger charge is -2.05.